The Labute approximate surface area is 162 Å². The normalized spacial score (nSPS) is 14.0. The van der Waals surface area contributed by atoms with Gasteiger partial charge in [-0.05, 0) is 0 Å². The Morgan fingerprint density at radius 3 is 2.71 bits per heavy atom. The second kappa shape index (κ2) is 7.28. The minimum Gasteiger partial charge on any atom is -0.356 e. The van der Waals surface area contributed by atoms with Gasteiger partial charge in [0.15, 0.2) is 11.6 Å². The van der Waals surface area contributed by atoms with Gasteiger partial charge in [0.05, 0.1) is 17.0 Å². The molecular weight excluding hydrogens is 352 g/mol. The fourth-order valence-corrected chi connectivity index (χ4v) is 3.42. The molecule has 5 rings (SSSR count). The summed E-state index contributed by atoms with van der Waals surface area (Å²) in [5, 5.41) is 4.23. The number of aromatic nitrogens is 5. The standard InChI is InChI=1S/C21H18N6O/c1-2-4-15(5-3-1)20-8-18(26-28-20)13-27-7-6-19-17(12-27)11-24-21(25-19)16-9-22-14-23-10-16/h1-5,8-11,14H,6-7,12-13H2. The van der Waals surface area contributed by atoms with Gasteiger partial charge in [-0.3, -0.25) is 4.90 Å². The zero-order chi connectivity index (χ0) is 18.8. The van der Waals surface area contributed by atoms with Crippen LogP contribution in [0.5, 0.6) is 0 Å². The Bertz CT molecular complexity index is 1080. The fraction of sp³-hybridized carbons (Fsp3) is 0.190. The molecule has 0 bridgehead atoms. The maximum absolute atomic E-state index is 5.51. The average molecular weight is 370 g/mol. The Morgan fingerprint density at radius 2 is 1.86 bits per heavy atom. The summed E-state index contributed by atoms with van der Waals surface area (Å²) >= 11 is 0. The molecule has 0 saturated heterocycles. The molecule has 0 aliphatic carbocycles. The van der Waals surface area contributed by atoms with Crippen LogP contribution in [0.2, 0.25) is 0 Å². The van der Waals surface area contributed by atoms with E-state index in [0.29, 0.717) is 5.82 Å². The Morgan fingerprint density at radius 1 is 1.00 bits per heavy atom. The molecule has 4 aromatic rings. The zero-order valence-corrected chi connectivity index (χ0v) is 15.2. The van der Waals surface area contributed by atoms with Gasteiger partial charge < -0.3 is 4.52 Å². The van der Waals surface area contributed by atoms with E-state index < -0.39 is 0 Å². The summed E-state index contributed by atoms with van der Waals surface area (Å²) < 4.78 is 5.51. The van der Waals surface area contributed by atoms with Gasteiger partial charge in [-0.1, -0.05) is 35.5 Å². The van der Waals surface area contributed by atoms with E-state index in [-0.39, 0.29) is 0 Å². The lowest BCUT2D eigenvalue weighted by atomic mass is 10.1. The maximum atomic E-state index is 5.51. The minimum absolute atomic E-state index is 0.678. The zero-order valence-electron chi connectivity index (χ0n) is 15.2. The van der Waals surface area contributed by atoms with Crippen LogP contribution in [0, 0.1) is 0 Å². The van der Waals surface area contributed by atoms with Crippen LogP contribution in [0.3, 0.4) is 0 Å². The second-order valence-electron chi connectivity index (χ2n) is 6.80. The van der Waals surface area contributed by atoms with E-state index in [2.05, 4.69) is 25.0 Å². The summed E-state index contributed by atoms with van der Waals surface area (Å²) in [6, 6.07) is 12.0. The Hall–Kier alpha value is -3.45. The van der Waals surface area contributed by atoms with Crippen LogP contribution in [-0.2, 0) is 19.5 Å². The van der Waals surface area contributed by atoms with Gasteiger partial charge in [0.2, 0.25) is 0 Å². The molecule has 3 aromatic heterocycles. The predicted molar refractivity (Wildman–Crippen MR) is 103 cm³/mol. The number of rotatable bonds is 4. The molecule has 7 heteroatoms. The maximum Gasteiger partial charge on any atom is 0.167 e. The van der Waals surface area contributed by atoms with Crippen molar-refractivity contribution in [2.24, 2.45) is 0 Å². The van der Waals surface area contributed by atoms with E-state index in [1.165, 1.54) is 6.33 Å². The highest BCUT2D eigenvalue weighted by Gasteiger charge is 2.20. The van der Waals surface area contributed by atoms with Crippen molar-refractivity contribution in [3.8, 4) is 22.7 Å². The lowest BCUT2D eigenvalue weighted by Crippen LogP contribution is -2.31. The molecule has 4 heterocycles. The number of hydrogen-bond acceptors (Lipinski definition) is 7. The molecule has 0 amide bonds. The van der Waals surface area contributed by atoms with Crippen molar-refractivity contribution in [3.05, 3.63) is 78.3 Å². The number of benzene rings is 1. The van der Waals surface area contributed by atoms with Gasteiger partial charge in [-0.25, -0.2) is 19.9 Å². The smallest absolute Gasteiger partial charge is 0.167 e. The first-order chi connectivity index (χ1) is 13.8. The fourth-order valence-electron chi connectivity index (χ4n) is 3.42. The van der Waals surface area contributed by atoms with E-state index in [0.717, 1.165) is 59.9 Å². The quantitative estimate of drug-likeness (QED) is 0.546. The van der Waals surface area contributed by atoms with Crippen LogP contribution in [0.15, 0.2) is 65.8 Å². The topological polar surface area (TPSA) is 80.8 Å². The lowest BCUT2D eigenvalue weighted by molar-refractivity contribution is 0.235. The molecule has 7 nitrogen and oxygen atoms in total. The van der Waals surface area contributed by atoms with Gasteiger partial charge >= 0.3 is 0 Å². The molecule has 28 heavy (non-hydrogen) atoms. The molecule has 138 valence electrons. The van der Waals surface area contributed by atoms with Crippen molar-refractivity contribution in [2.45, 2.75) is 19.5 Å². The van der Waals surface area contributed by atoms with Crippen molar-refractivity contribution in [1.29, 1.82) is 0 Å². The third-order valence-corrected chi connectivity index (χ3v) is 4.83. The van der Waals surface area contributed by atoms with Crippen molar-refractivity contribution >= 4 is 0 Å². The molecule has 1 aliphatic heterocycles. The summed E-state index contributed by atoms with van der Waals surface area (Å²) in [5.74, 6) is 1.47. The van der Waals surface area contributed by atoms with Crippen LogP contribution in [-0.4, -0.2) is 36.5 Å². The molecule has 0 unspecified atom stereocenters. The first kappa shape index (κ1) is 16.7. The van der Waals surface area contributed by atoms with E-state index in [4.69, 9.17) is 9.51 Å². The van der Waals surface area contributed by atoms with Crippen molar-refractivity contribution in [1.82, 2.24) is 30.0 Å². The van der Waals surface area contributed by atoms with Crippen LogP contribution in [0.4, 0.5) is 0 Å². The SMILES string of the molecule is c1ccc(-c2cc(CN3CCc4nc(-c5cncnc5)ncc4C3)no2)cc1. The Balaban J connectivity index is 1.30. The monoisotopic (exact) mass is 370 g/mol. The first-order valence-corrected chi connectivity index (χ1v) is 9.19. The predicted octanol–water partition coefficient (Wildman–Crippen LogP) is 3.15. The molecule has 0 radical (unpaired) electrons. The summed E-state index contributed by atoms with van der Waals surface area (Å²) in [5.41, 5.74) is 5.05. The molecule has 0 atom stereocenters. The second-order valence-corrected chi connectivity index (χ2v) is 6.80. The van der Waals surface area contributed by atoms with Crippen LogP contribution in [0.25, 0.3) is 22.7 Å². The highest BCUT2D eigenvalue weighted by molar-refractivity contribution is 5.57. The third-order valence-electron chi connectivity index (χ3n) is 4.83. The number of nitrogens with zero attached hydrogens (tertiary/aromatic N) is 6. The Kier molecular flexibility index (Phi) is 4.34. The molecule has 0 N–H and O–H groups in total. The van der Waals surface area contributed by atoms with Gasteiger partial charge in [-0.15, -0.1) is 0 Å². The van der Waals surface area contributed by atoms with Gasteiger partial charge in [-0.2, -0.15) is 0 Å². The number of hydrogen-bond donors (Lipinski definition) is 0. The third kappa shape index (κ3) is 3.39. The summed E-state index contributed by atoms with van der Waals surface area (Å²) in [4.78, 5) is 19.6. The number of fused-ring (bicyclic) bond motifs is 1. The van der Waals surface area contributed by atoms with E-state index in [1.54, 1.807) is 12.4 Å². The summed E-state index contributed by atoms with van der Waals surface area (Å²) in [6.45, 7) is 2.46. The van der Waals surface area contributed by atoms with E-state index in [1.807, 2.05) is 42.6 Å². The van der Waals surface area contributed by atoms with Crippen molar-refractivity contribution in [2.75, 3.05) is 6.54 Å². The van der Waals surface area contributed by atoms with Gasteiger partial charge in [0.1, 0.15) is 6.33 Å². The largest absolute Gasteiger partial charge is 0.356 e. The van der Waals surface area contributed by atoms with Gasteiger partial charge in [0.25, 0.3) is 0 Å². The molecule has 1 aromatic carbocycles. The van der Waals surface area contributed by atoms with Gasteiger partial charge in [0, 0.05) is 61.8 Å². The molecule has 0 spiro atoms. The molecular formula is C21H18N6O. The van der Waals surface area contributed by atoms with Crippen LogP contribution >= 0.6 is 0 Å². The highest BCUT2D eigenvalue weighted by atomic mass is 16.5. The van der Waals surface area contributed by atoms with Crippen molar-refractivity contribution < 1.29 is 4.52 Å². The van der Waals surface area contributed by atoms with Crippen LogP contribution < -0.4 is 0 Å². The summed E-state index contributed by atoms with van der Waals surface area (Å²) in [6.07, 6.45) is 7.77. The van der Waals surface area contributed by atoms with E-state index in [9.17, 15) is 0 Å². The minimum atomic E-state index is 0.678. The molecule has 0 fully saturated rings. The van der Waals surface area contributed by atoms with Crippen molar-refractivity contribution in [3.63, 3.8) is 0 Å². The lowest BCUT2D eigenvalue weighted by Gasteiger charge is -2.27. The molecule has 1 aliphatic rings. The highest BCUT2D eigenvalue weighted by Crippen LogP contribution is 2.23. The first-order valence-electron chi connectivity index (χ1n) is 9.19. The average Bonchev–Trinajstić information content (AvgIpc) is 3.23. The van der Waals surface area contributed by atoms with E-state index >= 15 is 0 Å². The van der Waals surface area contributed by atoms with Crippen LogP contribution in [0.1, 0.15) is 17.0 Å². The molecule has 0 saturated carbocycles. The summed E-state index contributed by atoms with van der Waals surface area (Å²) in [7, 11) is 0.